The van der Waals surface area contributed by atoms with Gasteiger partial charge in [0.1, 0.15) is 17.7 Å². The number of anilines is 2. The van der Waals surface area contributed by atoms with Crippen molar-refractivity contribution in [1.29, 1.82) is 0 Å². The van der Waals surface area contributed by atoms with Crippen LogP contribution in [0.5, 0.6) is 0 Å². The van der Waals surface area contributed by atoms with Gasteiger partial charge in [-0.2, -0.15) is 0 Å². The molecule has 90 valence electrons. The minimum Gasteiger partial charge on any atom is -0.338 e. The first kappa shape index (κ1) is 10.7. The molecule has 3 rings (SSSR count). The van der Waals surface area contributed by atoms with Gasteiger partial charge in [-0.3, -0.25) is 0 Å². The summed E-state index contributed by atoms with van der Waals surface area (Å²) in [6.45, 7) is 3.96. The minimum atomic E-state index is 0.679. The van der Waals surface area contributed by atoms with Gasteiger partial charge in [0.2, 0.25) is 0 Å². The topological polar surface area (TPSA) is 66.5 Å². The van der Waals surface area contributed by atoms with Crippen LogP contribution in [0, 0.1) is 13.8 Å². The number of benzene rings is 1. The highest BCUT2D eigenvalue weighted by molar-refractivity contribution is 5.85. The fourth-order valence-electron chi connectivity index (χ4n) is 1.88. The molecule has 0 saturated heterocycles. The number of imidazole rings is 1. The van der Waals surface area contributed by atoms with Gasteiger partial charge in [0.15, 0.2) is 11.5 Å². The van der Waals surface area contributed by atoms with Crippen molar-refractivity contribution >= 4 is 22.7 Å². The van der Waals surface area contributed by atoms with Crippen molar-refractivity contribution in [3.05, 3.63) is 42.0 Å². The second kappa shape index (κ2) is 4.10. The highest BCUT2D eigenvalue weighted by Crippen LogP contribution is 2.23. The normalized spacial score (nSPS) is 10.8. The number of nitrogens with one attached hydrogen (secondary N) is 2. The zero-order chi connectivity index (χ0) is 12.5. The van der Waals surface area contributed by atoms with E-state index in [9.17, 15) is 0 Å². The first-order valence-corrected chi connectivity index (χ1v) is 5.74. The monoisotopic (exact) mass is 239 g/mol. The molecule has 0 aliphatic heterocycles. The number of aromatic amines is 1. The molecule has 0 aliphatic rings. The van der Waals surface area contributed by atoms with Crippen LogP contribution in [0.1, 0.15) is 11.4 Å². The molecule has 3 aromatic rings. The van der Waals surface area contributed by atoms with Crippen molar-refractivity contribution < 1.29 is 0 Å². The molecule has 18 heavy (non-hydrogen) atoms. The quantitative estimate of drug-likeness (QED) is 0.721. The van der Waals surface area contributed by atoms with Crippen molar-refractivity contribution in [2.24, 2.45) is 0 Å². The van der Waals surface area contributed by atoms with E-state index in [-0.39, 0.29) is 0 Å². The summed E-state index contributed by atoms with van der Waals surface area (Å²) in [7, 11) is 0. The van der Waals surface area contributed by atoms with E-state index >= 15 is 0 Å². The fraction of sp³-hybridized carbons (Fsp3) is 0.154. The summed E-state index contributed by atoms with van der Waals surface area (Å²) >= 11 is 0. The van der Waals surface area contributed by atoms with Crippen LogP contribution in [0.25, 0.3) is 11.2 Å². The van der Waals surface area contributed by atoms with Gasteiger partial charge in [0.25, 0.3) is 0 Å². The minimum absolute atomic E-state index is 0.679. The molecule has 0 atom stereocenters. The Hall–Kier alpha value is -2.43. The van der Waals surface area contributed by atoms with Crippen LogP contribution in [0.15, 0.2) is 30.6 Å². The summed E-state index contributed by atoms with van der Waals surface area (Å²) in [4.78, 5) is 15.9. The summed E-state index contributed by atoms with van der Waals surface area (Å²) in [5, 5.41) is 3.31. The van der Waals surface area contributed by atoms with E-state index in [1.807, 2.05) is 25.1 Å². The number of fused-ring (bicyclic) bond motifs is 1. The highest BCUT2D eigenvalue weighted by atomic mass is 15.1. The van der Waals surface area contributed by atoms with Crippen LogP contribution in [0.3, 0.4) is 0 Å². The Labute approximate surface area is 104 Å². The van der Waals surface area contributed by atoms with E-state index in [4.69, 9.17) is 0 Å². The smallest absolute Gasteiger partial charge is 0.183 e. The number of hydrogen-bond donors (Lipinski definition) is 2. The van der Waals surface area contributed by atoms with Gasteiger partial charge in [-0.25, -0.2) is 15.0 Å². The van der Waals surface area contributed by atoms with Crippen molar-refractivity contribution in [2.75, 3.05) is 5.32 Å². The SMILES string of the molecule is Cc1nc2ncnc(Nc3ccccc3C)c2[nH]1. The Morgan fingerprint density at radius 1 is 1.11 bits per heavy atom. The number of aryl methyl sites for hydroxylation is 2. The van der Waals surface area contributed by atoms with E-state index < -0.39 is 0 Å². The van der Waals surface area contributed by atoms with Crippen LogP contribution >= 0.6 is 0 Å². The van der Waals surface area contributed by atoms with Crippen LogP contribution < -0.4 is 5.32 Å². The molecule has 0 spiro atoms. The van der Waals surface area contributed by atoms with Gasteiger partial charge in [-0.05, 0) is 25.5 Å². The zero-order valence-electron chi connectivity index (χ0n) is 10.2. The predicted molar refractivity (Wildman–Crippen MR) is 70.9 cm³/mol. The molecule has 0 amide bonds. The van der Waals surface area contributed by atoms with Gasteiger partial charge in [0, 0.05) is 5.69 Å². The lowest BCUT2D eigenvalue weighted by Crippen LogP contribution is -1.97. The maximum Gasteiger partial charge on any atom is 0.183 e. The first-order valence-electron chi connectivity index (χ1n) is 5.74. The van der Waals surface area contributed by atoms with Gasteiger partial charge < -0.3 is 10.3 Å². The molecule has 2 N–H and O–H groups in total. The number of hydrogen-bond acceptors (Lipinski definition) is 4. The number of rotatable bonds is 2. The Morgan fingerprint density at radius 3 is 2.78 bits per heavy atom. The van der Waals surface area contributed by atoms with Gasteiger partial charge in [-0.15, -0.1) is 0 Å². The van der Waals surface area contributed by atoms with Crippen LogP contribution in [-0.2, 0) is 0 Å². The second-order valence-electron chi connectivity index (χ2n) is 4.18. The van der Waals surface area contributed by atoms with Crippen molar-refractivity contribution in [1.82, 2.24) is 19.9 Å². The largest absolute Gasteiger partial charge is 0.338 e. The lowest BCUT2D eigenvalue weighted by molar-refractivity contribution is 1.16. The Balaban J connectivity index is 2.07. The molecule has 0 bridgehead atoms. The highest BCUT2D eigenvalue weighted by Gasteiger charge is 2.08. The van der Waals surface area contributed by atoms with Crippen LogP contribution in [0.2, 0.25) is 0 Å². The molecule has 0 fully saturated rings. The van der Waals surface area contributed by atoms with Gasteiger partial charge in [-0.1, -0.05) is 18.2 Å². The lowest BCUT2D eigenvalue weighted by Gasteiger charge is -2.08. The third kappa shape index (κ3) is 1.79. The number of nitrogens with zero attached hydrogens (tertiary/aromatic N) is 3. The molecule has 0 radical (unpaired) electrons. The second-order valence-corrected chi connectivity index (χ2v) is 4.18. The molecule has 0 saturated carbocycles. The van der Waals surface area contributed by atoms with E-state index in [1.165, 1.54) is 11.9 Å². The Morgan fingerprint density at radius 2 is 1.94 bits per heavy atom. The number of para-hydroxylation sites is 1. The molecule has 2 heterocycles. The molecule has 5 heteroatoms. The average molecular weight is 239 g/mol. The van der Waals surface area contributed by atoms with Crippen molar-refractivity contribution in [2.45, 2.75) is 13.8 Å². The number of H-pyrrole nitrogens is 1. The van der Waals surface area contributed by atoms with Crippen LogP contribution in [-0.4, -0.2) is 19.9 Å². The summed E-state index contributed by atoms with van der Waals surface area (Å²) in [5.74, 6) is 1.58. The van der Waals surface area contributed by atoms with Gasteiger partial charge in [0.05, 0.1) is 0 Å². The molecule has 2 aromatic heterocycles. The molecule has 0 unspecified atom stereocenters. The lowest BCUT2D eigenvalue weighted by atomic mass is 10.2. The van der Waals surface area contributed by atoms with E-state index in [1.54, 1.807) is 0 Å². The van der Waals surface area contributed by atoms with Crippen LogP contribution in [0.4, 0.5) is 11.5 Å². The summed E-state index contributed by atoms with van der Waals surface area (Å²) < 4.78 is 0. The van der Waals surface area contributed by atoms with E-state index in [2.05, 4.69) is 38.2 Å². The maximum absolute atomic E-state index is 4.29. The Kier molecular flexibility index (Phi) is 2.44. The molecule has 1 aromatic carbocycles. The molecule has 5 nitrogen and oxygen atoms in total. The fourth-order valence-corrected chi connectivity index (χ4v) is 1.88. The summed E-state index contributed by atoms with van der Waals surface area (Å²) in [6, 6.07) is 8.08. The van der Waals surface area contributed by atoms with E-state index in [0.29, 0.717) is 5.65 Å². The third-order valence-corrected chi connectivity index (χ3v) is 2.80. The van der Waals surface area contributed by atoms with Crippen molar-refractivity contribution in [3.8, 4) is 0 Å². The number of aromatic nitrogens is 4. The average Bonchev–Trinajstić information content (AvgIpc) is 2.73. The summed E-state index contributed by atoms with van der Waals surface area (Å²) in [5.41, 5.74) is 3.71. The molecule has 0 aliphatic carbocycles. The van der Waals surface area contributed by atoms with E-state index in [0.717, 1.165) is 22.8 Å². The standard InChI is InChI=1S/C13H13N5/c1-8-5-3-4-6-10(8)18-13-11-12(14-7-15-13)17-9(2)16-11/h3-7H,1-2H3,(H2,14,15,16,17,18). The predicted octanol–water partition coefficient (Wildman–Crippen LogP) is 2.71. The maximum atomic E-state index is 4.29. The third-order valence-electron chi connectivity index (χ3n) is 2.80. The summed E-state index contributed by atoms with van der Waals surface area (Å²) in [6.07, 6.45) is 1.52. The van der Waals surface area contributed by atoms with Crippen molar-refractivity contribution in [3.63, 3.8) is 0 Å². The molecular formula is C13H13N5. The Bertz CT molecular complexity index is 701. The molecular weight excluding hydrogens is 226 g/mol. The first-order chi connectivity index (χ1) is 8.74. The zero-order valence-corrected chi connectivity index (χ0v) is 10.2. The van der Waals surface area contributed by atoms with Gasteiger partial charge >= 0.3 is 0 Å².